The highest BCUT2D eigenvalue weighted by Crippen LogP contribution is 2.20. The van der Waals surface area contributed by atoms with Crippen LogP contribution in [-0.4, -0.2) is 11.9 Å². The van der Waals surface area contributed by atoms with Crippen LogP contribution in [0.2, 0.25) is 0 Å². The highest BCUT2D eigenvalue weighted by atomic mass is 127. The van der Waals surface area contributed by atoms with Crippen LogP contribution < -0.4 is 0 Å². The highest BCUT2D eigenvalue weighted by Gasteiger charge is 2.24. The fraction of sp³-hybridized carbons (Fsp3) is 0.0526. The smallest absolute Gasteiger partial charge is 0.363 e. The zero-order valence-electron chi connectivity index (χ0n) is 12.5. The minimum Gasteiger partial charge on any atom is -0.402 e. The van der Waals surface area contributed by atoms with E-state index >= 15 is 0 Å². The summed E-state index contributed by atoms with van der Waals surface area (Å²) in [5, 5.41) is 0. The molecule has 1 aliphatic heterocycles. The first-order chi connectivity index (χ1) is 11.1. The van der Waals surface area contributed by atoms with Gasteiger partial charge in [0.15, 0.2) is 5.70 Å². The number of halogens is 1. The molecule has 23 heavy (non-hydrogen) atoms. The number of hydrogen-bond donors (Lipinski definition) is 0. The van der Waals surface area contributed by atoms with Gasteiger partial charge in [0.05, 0.1) is 0 Å². The maximum absolute atomic E-state index is 12.0. The van der Waals surface area contributed by atoms with Crippen LogP contribution in [0.1, 0.15) is 18.1 Å². The Morgan fingerprint density at radius 2 is 1.91 bits per heavy atom. The summed E-state index contributed by atoms with van der Waals surface area (Å²) >= 11 is 2.22. The van der Waals surface area contributed by atoms with Gasteiger partial charge in [-0.1, -0.05) is 42.5 Å². The lowest BCUT2D eigenvalue weighted by Gasteiger charge is -1.99. The molecule has 3 nitrogen and oxygen atoms in total. The van der Waals surface area contributed by atoms with Gasteiger partial charge in [0.1, 0.15) is 0 Å². The number of carbonyl (C=O) groups is 1. The standard InChI is InChI=1S/C19H14INO2/c1-13(10-14-6-3-2-4-7-14)11-17-19(22)23-18(21-17)15-8-5-9-16(20)12-15/h2-12H,1H3. The number of carbonyl (C=O) groups excluding carboxylic acids is 1. The molecule has 0 saturated carbocycles. The number of allylic oxidation sites excluding steroid dienone is 2. The number of esters is 1. The molecule has 0 fully saturated rings. The van der Waals surface area contributed by atoms with Crippen molar-refractivity contribution in [1.82, 2.24) is 0 Å². The van der Waals surface area contributed by atoms with Gasteiger partial charge >= 0.3 is 5.97 Å². The summed E-state index contributed by atoms with van der Waals surface area (Å²) in [5.41, 5.74) is 3.15. The first-order valence-corrected chi connectivity index (χ1v) is 8.21. The van der Waals surface area contributed by atoms with Crippen LogP contribution in [0.3, 0.4) is 0 Å². The van der Waals surface area contributed by atoms with Gasteiger partial charge in [-0.05, 0) is 64.9 Å². The lowest BCUT2D eigenvalue weighted by atomic mass is 10.1. The van der Waals surface area contributed by atoms with Crippen molar-refractivity contribution >= 4 is 40.5 Å². The van der Waals surface area contributed by atoms with Crippen molar-refractivity contribution in [3.63, 3.8) is 0 Å². The van der Waals surface area contributed by atoms with Crippen molar-refractivity contribution in [2.75, 3.05) is 0 Å². The predicted octanol–water partition coefficient (Wildman–Crippen LogP) is 4.58. The minimum atomic E-state index is -0.417. The molecule has 0 spiro atoms. The SMILES string of the molecule is CC(=Cc1ccccc1)C=C1N=C(c2cccc(I)c2)OC1=O. The first kappa shape index (κ1) is 15.7. The molecule has 1 heterocycles. The summed E-state index contributed by atoms with van der Waals surface area (Å²) in [6.07, 6.45) is 3.75. The van der Waals surface area contributed by atoms with Crippen LogP contribution in [0.5, 0.6) is 0 Å². The molecule has 2 aromatic rings. The molecule has 0 N–H and O–H groups in total. The van der Waals surface area contributed by atoms with Crippen LogP contribution in [0.25, 0.3) is 6.08 Å². The van der Waals surface area contributed by atoms with Gasteiger partial charge in [-0.3, -0.25) is 0 Å². The molecule has 0 unspecified atom stereocenters. The van der Waals surface area contributed by atoms with Crippen molar-refractivity contribution in [1.29, 1.82) is 0 Å². The Hall–Kier alpha value is -2.21. The molecule has 0 atom stereocenters. The summed E-state index contributed by atoms with van der Waals surface area (Å²) in [7, 11) is 0. The Balaban J connectivity index is 1.88. The third kappa shape index (κ3) is 3.96. The summed E-state index contributed by atoms with van der Waals surface area (Å²) in [5.74, 6) is -0.0630. The molecule has 0 radical (unpaired) electrons. The van der Waals surface area contributed by atoms with E-state index in [-0.39, 0.29) is 0 Å². The van der Waals surface area contributed by atoms with E-state index in [0.29, 0.717) is 11.6 Å². The van der Waals surface area contributed by atoms with E-state index < -0.39 is 5.97 Å². The third-order valence-electron chi connectivity index (χ3n) is 3.25. The second-order valence-electron chi connectivity index (χ2n) is 5.15. The largest absolute Gasteiger partial charge is 0.402 e. The molecule has 4 heteroatoms. The second-order valence-corrected chi connectivity index (χ2v) is 6.39. The second kappa shape index (κ2) is 6.91. The van der Waals surface area contributed by atoms with E-state index in [1.807, 2.05) is 67.6 Å². The van der Waals surface area contributed by atoms with E-state index in [1.165, 1.54) is 0 Å². The molecule has 0 bridgehead atoms. The van der Waals surface area contributed by atoms with Crippen molar-refractivity contribution in [2.45, 2.75) is 6.92 Å². The summed E-state index contributed by atoms with van der Waals surface area (Å²) in [6, 6.07) is 17.6. The number of benzene rings is 2. The predicted molar refractivity (Wildman–Crippen MR) is 100.0 cm³/mol. The van der Waals surface area contributed by atoms with Gasteiger partial charge in [0.2, 0.25) is 5.90 Å². The Bertz CT molecular complexity index is 835. The lowest BCUT2D eigenvalue weighted by molar-refractivity contribution is -0.130. The summed E-state index contributed by atoms with van der Waals surface area (Å²) in [4.78, 5) is 16.3. The Labute approximate surface area is 148 Å². The van der Waals surface area contributed by atoms with Gasteiger partial charge in [0, 0.05) is 9.13 Å². The van der Waals surface area contributed by atoms with Gasteiger partial charge < -0.3 is 4.74 Å². The quantitative estimate of drug-likeness (QED) is 0.418. The monoisotopic (exact) mass is 415 g/mol. The molecule has 0 saturated heterocycles. The van der Waals surface area contributed by atoms with Crippen molar-refractivity contribution in [3.05, 3.63) is 86.6 Å². The van der Waals surface area contributed by atoms with Crippen LogP contribution in [0.15, 0.2) is 76.9 Å². The Morgan fingerprint density at radius 3 is 2.65 bits per heavy atom. The summed E-state index contributed by atoms with van der Waals surface area (Å²) in [6.45, 7) is 1.94. The molecular weight excluding hydrogens is 401 g/mol. The van der Waals surface area contributed by atoms with Gasteiger partial charge in [0.25, 0.3) is 0 Å². The molecule has 0 aliphatic carbocycles. The molecule has 114 valence electrons. The molecule has 3 rings (SSSR count). The van der Waals surface area contributed by atoms with Crippen molar-refractivity contribution in [3.8, 4) is 0 Å². The number of hydrogen-bond acceptors (Lipinski definition) is 3. The van der Waals surface area contributed by atoms with E-state index in [2.05, 4.69) is 27.6 Å². The van der Waals surface area contributed by atoms with E-state index in [0.717, 1.165) is 20.3 Å². The van der Waals surface area contributed by atoms with Gasteiger partial charge in [-0.25, -0.2) is 9.79 Å². The fourth-order valence-corrected chi connectivity index (χ4v) is 2.77. The molecule has 1 aliphatic rings. The zero-order valence-corrected chi connectivity index (χ0v) is 14.7. The molecule has 0 amide bonds. The van der Waals surface area contributed by atoms with Crippen molar-refractivity contribution < 1.29 is 9.53 Å². The van der Waals surface area contributed by atoms with Crippen molar-refractivity contribution in [2.24, 2.45) is 4.99 Å². The average molecular weight is 415 g/mol. The Kier molecular flexibility index (Phi) is 4.71. The molecule has 0 aromatic heterocycles. The normalized spacial score (nSPS) is 16.4. The van der Waals surface area contributed by atoms with Crippen LogP contribution in [0.4, 0.5) is 0 Å². The lowest BCUT2D eigenvalue weighted by Crippen LogP contribution is -2.05. The topological polar surface area (TPSA) is 38.7 Å². The number of cyclic esters (lactones) is 1. The highest BCUT2D eigenvalue weighted by molar-refractivity contribution is 14.1. The number of ether oxygens (including phenoxy) is 1. The van der Waals surface area contributed by atoms with Gasteiger partial charge in [-0.15, -0.1) is 0 Å². The third-order valence-corrected chi connectivity index (χ3v) is 3.92. The maximum Gasteiger partial charge on any atom is 0.363 e. The summed E-state index contributed by atoms with van der Waals surface area (Å²) < 4.78 is 6.34. The molecule has 2 aromatic carbocycles. The Morgan fingerprint density at radius 1 is 1.13 bits per heavy atom. The van der Waals surface area contributed by atoms with Crippen LogP contribution in [-0.2, 0) is 9.53 Å². The fourth-order valence-electron chi connectivity index (χ4n) is 2.22. The van der Waals surface area contributed by atoms with E-state index in [9.17, 15) is 4.79 Å². The number of rotatable bonds is 3. The number of nitrogens with zero attached hydrogens (tertiary/aromatic N) is 1. The van der Waals surface area contributed by atoms with Gasteiger partial charge in [-0.2, -0.15) is 0 Å². The number of aliphatic imine (C=N–C) groups is 1. The maximum atomic E-state index is 12.0. The minimum absolute atomic E-state index is 0.323. The van der Waals surface area contributed by atoms with Crippen LogP contribution >= 0.6 is 22.6 Å². The average Bonchev–Trinajstić information content (AvgIpc) is 2.89. The van der Waals surface area contributed by atoms with E-state index in [4.69, 9.17) is 4.74 Å². The first-order valence-electron chi connectivity index (χ1n) is 7.14. The zero-order chi connectivity index (χ0) is 16.2. The van der Waals surface area contributed by atoms with Crippen LogP contribution in [0, 0.1) is 3.57 Å². The van der Waals surface area contributed by atoms with E-state index in [1.54, 1.807) is 6.08 Å². The molecular formula is C19H14INO2.